The molecule has 2 heterocycles. The minimum Gasteiger partial charge on any atom is -0.357 e. The first-order valence-corrected chi connectivity index (χ1v) is 8.92. The summed E-state index contributed by atoms with van der Waals surface area (Å²) in [5, 5.41) is 7.68. The van der Waals surface area contributed by atoms with Crippen LogP contribution in [-0.4, -0.2) is 46.8 Å². The molecular weight excluding hydrogens is 425 g/mol. The van der Waals surface area contributed by atoms with Crippen LogP contribution in [0.2, 0.25) is 0 Å². The Kier molecular flexibility index (Phi) is 8.24. The van der Waals surface area contributed by atoms with E-state index in [1.165, 1.54) is 12.0 Å². The molecule has 1 unspecified atom stereocenters. The van der Waals surface area contributed by atoms with E-state index in [1.54, 1.807) is 0 Å². The Hall–Kier alpha value is -1.57. The molecule has 3 rings (SSSR count). The van der Waals surface area contributed by atoms with Crippen LogP contribution in [0.4, 0.5) is 0 Å². The highest BCUT2D eigenvalue weighted by molar-refractivity contribution is 14.0. The predicted octanol–water partition coefficient (Wildman–Crippen LogP) is 3.35. The Labute approximate surface area is 167 Å². The Morgan fingerprint density at radius 2 is 2.12 bits per heavy atom. The summed E-state index contributed by atoms with van der Waals surface area (Å²) in [6.45, 7) is 6.91. The van der Waals surface area contributed by atoms with Crippen LogP contribution in [0.25, 0.3) is 0 Å². The average molecular weight is 453 g/mol. The van der Waals surface area contributed by atoms with Crippen molar-refractivity contribution in [2.45, 2.75) is 32.2 Å². The van der Waals surface area contributed by atoms with Gasteiger partial charge in [-0.25, -0.2) is 0 Å². The lowest BCUT2D eigenvalue weighted by atomic mass is 9.99. The second kappa shape index (κ2) is 10.4. The summed E-state index contributed by atoms with van der Waals surface area (Å²) >= 11 is 0. The first-order chi connectivity index (χ1) is 11.9. The minimum atomic E-state index is 0. The van der Waals surface area contributed by atoms with Crippen molar-refractivity contribution in [1.29, 1.82) is 0 Å². The van der Waals surface area contributed by atoms with Crippen molar-refractivity contribution >= 4 is 29.9 Å². The van der Waals surface area contributed by atoms with Gasteiger partial charge < -0.3 is 10.2 Å². The second-order valence-corrected chi connectivity index (χ2v) is 6.20. The van der Waals surface area contributed by atoms with Crippen molar-refractivity contribution in [3.63, 3.8) is 0 Å². The molecular formula is C19H28IN5. The summed E-state index contributed by atoms with van der Waals surface area (Å²) in [7, 11) is 0. The lowest BCUT2D eigenvalue weighted by molar-refractivity contribution is 0.484. The van der Waals surface area contributed by atoms with E-state index in [4.69, 9.17) is 4.99 Å². The van der Waals surface area contributed by atoms with Gasteiger partial charge in [0, 0.05) is 51.0 Å². The molecule has 6 heteroatoms. The van der Waals surface area contributed by atoms with Crippen molar-refractivity contribution in [2.24, 2.45) is 4.99 Å². The van der Waals surface area contributed by atoms with E-state index in [-0.39, 0.29) is 24.0 Å². The number of halogens is 1. The number of hydrogen-bond donors (Lipinski definition) is 1. The molecule has 0 radical (unpaired) electrons. The molecule has 1 atom stereocenters. The molecule has 25 heavy (non-hydrogen) atoms. The van der Waals surface area contributed by atoms with Crippen molar-refractivity contribution in [3.05, 3.63) is 54.4 Å². The van der Waals surface area contributed by atoms with Gasteiger partial charge in [-0.3, -0.25) is 9.67 Å². The van der Waals surface area contributed by atoms with E-state index in [1.807, 2.05) is 23.1 Å². The molecule has 1 aliphatic heterocycles. The summed E-state index contributed by atoms with van der Waals surface area (Å²) in [5.41, 5.74) is 1.44. The first-order valence-electron chi connectivity index (χ1n) is 8.92. The fourth-order valence-corrected chi connectivity index (χ4v) is 3.23. The number of guanidine groups is 1. The topological polar surface area (TPSA) is 45.5 Å². The first kappa shape index (κ1) is 19.8. The molecule has 5 nitrogen and oxygen atoms in total. The Balaban J connectivity index is 0.00000225. The highest BCUT2D eigenvalue weighted by Crippen LogP contribution is 2.26. The number of aromatic nitrogens is 2. The second-order valence-electron chi connectivity index (χ2n) is 6.20. The van der Waals surface area contributed by atoms with E-state index in [2.05, 4.69) is 52.6 Å². The molecule has 1 N–H and O–H groups in total. The van der Waals surface area contributed by atoms with Gasteiger partial charge >= 0.3 is 0 Å². The molecule has 0 bridgehead atoms. The van der Waals surface area contributed by atoms with E-state index in [9.17, 15) is 0 Å². The maximum atomic E-state index is 4.81. The highest BCUT2D eigenvalue weighted by Gasteiger charge is 2.25. The summed E-state index contributed by atoms with van der Waals surface area (Å²) in [6, 6.07) is 12.8. The van der Waals surface area contributed by atoms with E-state index < -0.39 is 0 Å². The third-order valence-corrected chi connectivity index (χ3v) is 4.46. The Morgan fingerprint density at radius 1 is 1.28 bits per heavy atom. The van der Waals surface area contributed by atoms with Crippen molar-refractivity contribution in [3.8, 4) is 0 Å². The van der Waals surface area contributed by atoms with Crippen molar-refractivity contribution in [2.75, 3.05) is 26.2 Å². The molecule has 1 saturated heterocycles. The van der Waals surface area contributed by atoms with Gasteiger partial charge in [-0.05, 0) is 31.4 Å². The van der Waals surface area contributed by atoms with Crippen molar-refractivity contribution < 1.29 is 0 Å². The maximum absolute atomic E-state index is 4.81. The summed E-state index contributed by atoms with van der Waals surface area (Å²) in [4.78, 5) is 7.21. The lowest BCUT2D eigenvalue weighted by Gasteiger charge is -2.21. The fourth-order valence-electron chi connectivity index (χ4n) is 3.23. The number of hydrogen-bond acceptors (Lipinski definition) is 2. The van der Waals surface area contributed by atoms with E-state index >= 15 is 0 Å². The minimum absolute atomic E-state index is 0. The van der Waals surface area contributed by atoms with Crippen molar-refractivity contribution in [1.82, 2.24) is 20.0 Å². The van der Waals surface area contributed by atoms with Gasteiger partial charge in [0.05, 0.1) is 0 Å². The van der Waals surface area contributed by atoms with Crippen LogP contribution >= 0.6 is 24.0 Å². The quantitative estimate of drug-likeness (QED) is 0.316. The van der Waals surface area contributed by atoms with Gasteiger partial charge in [0.25, 0.3) is 0 Å². The van der Waals surface area contributed by atoms with Gasteiger partial charge in [-0.1, -0.05) is 30.3 Å². The number of aryl methyl sites for hydroxylation is 1. The summed E-state index contributed by atoms with van der Waals surface area (Å²) in [6.07, 6.45) is 6.02. The third-order valence-electron chi connectivity index (χ3n) is 4.46. The highest BCUT2D eigenvalue weighted by atomic mass is 127. The van der Waals surface area contributed by atoms with Crippen LogP contribution in [0.5, 0.6) is 0 Å². The lowest BCUT2D eigenvalue weighted by Crippen LogP contribution is -2.40. The molecule has 1 aliphatic rings. The number of nitrogens with zero attached hydrogens (tertiary/aromatic N) is 4. The van der Waals surface area contributed by atoms with Gasteiger partial charge in [-0.15, -0.1) is 24.0 Å². The van der Waals surface area contributed by atoms with Crippen LogP contribution in [0.1, 0.15) is 31.2 Å². The monoisotopic (exact) mass is 453 g/mol. The van der Waals surface area contributed by atoms with Gasteiger partial charge in [0.2, 0.25) is 0 Å². The predicted molar refractivity (Wildman–Crippen MR) is 114 cm³/mol. The number of nitrogens with one attached hydrogen (secondary N) is 1. The van der Waals surface area contributed by atoms with Crippen LogP contribution in [0.15, 0.2) is 53.8 Å². The average Bonchev–Trinajstić information content (AvgIpc) is 3.30. The largest absolute Gasteiger partial charge is 0.357 e. The van der Waals surface area contributed by atoms with Gasteiger partial charge in [-0.2, -0.15) is 5.10 Å². The maximum Gasteiger partial charge on any atom is 0.193 e. The van der Waals surface area contributed by atoms with Gasteiger partial charge in [0.15, 0.2) is 5.96 Å². The Morgan fingerprint density at radius 3 is 2.84 bits per heavy atom. The number of benzene rings is 1. The summed E-state index contributed by atoms with van der Waals surface area (Å²) in [5.74, 6) is 1.66. The summed E-state index contributed by atoms with van der Waals surface area (Å²) < 4.78 is 1.96. The SMILES string of the molecule is CCNC(=NCCCn1cccn1)N1CCC(c2ccccc2)C1.I. The van der Waals surface area contributed by atoms with E-state index in [0.29, 0.717) is 5.92 Å². The zero-order chi connectivity index (χ0) is 16.6. The Bertz CT molecular complexity index is 627. The molecule has 1 fully saturated rings. The molecule has 1 aromatic carbocycles. The van der Waals surface area contributed by atoms with Crippen LogP contribution in [0, 0.1) is 0 Å². The molecule has 0 amide bonds. The standard InChI is InChI=1S/C19H27N5.HI/c1-2-20-19(21-11-6-13-24-14-7-12-22-24)23-15-10-18(16-23)17-8-4-3-5-9-17;/h3-5,7-9,12,14,18H,2,6,10-11,13,15-16H2,1H3,(H,20,21);1H. The normalized spacial score (nSPS) is 17.4. The molecule has 1 aromatic heterocycles. The zero-order valence-corrected chi connectivity index (χ0v) is 17.2. The fraction of sp³-hybridized carbons (Fsp3) is 0.474. The van der Waals surface area contributed by atoms with Crippen LogP contribution in [-0.2, 0) is 6.54 Å². The number of rotatable bonds is 6. The third kappa shape index (κ3) is 5.73. The molecule has 2 aromatic rings. The smallest absolute Gasteiger partial charge is 0.193 e. The van der Waals surface area contributed by atoms with Crippen LogP contribution < -0.4 is 5.32 Å². The van der Waals surface area contributed by atoms with Gasteiger partial charge in [0.1, 0.15) is 0 Å². The van der Waals surface area contributed by atoms with Crippen LogP contribution in [0.3, 0.4) is 0 Å². The molecule has 0 spiro atoms. The molecule has 136 valence electrons. The molecule has 0 saturated carbocycles. The zero-order valence-electron chi connectivity index (χ0n) is 14.8. The number of likely N-dealkylation sites (tertiary alicyclic amines) is 1. The molecule has 0 aliphatic carbocycles. The number of aliphatic imine (C=N–C) groups is 1. The van der Waals surface area contributed by atoms with E-state index in [0.717, 1.165) is 45.1 Å².